The number of carbonyl (C=O) groups is 2. The normalized spacial score (nSPS) is 14.5. The lowest BCUT2D eigenvalue weighted by Gasteiger charge is -2.37. The fraction of sp³-hybridized carbons (Fsp3) is 0.500. The first-order valence-electron chi connectivity index (χ1n) is 6.98. The van der Waals surface area contributed by atoms with Gasteiger partial charge in [-0.3, -0.25) is 4.79 Å². The summed E-state index contributed by atoms with van der Waals surface area (Å²) in [5.41, 5.74) is 3.85. The van der Waals surface area contributed by atoms with E-state index in [9.17, 15) is 9.59 Å². The van der Waals surface area contributed by atoms with Crippen molar-refractivity contribution in [3.8, 4) is 0 Å². The Kier molecular flexibility index (Phi) is 5.68. The zero-order valence-corrected chi connectivity index (χ0v) is 13.8. The number of amides is 1. The molecule has 0 aliphatic rings. The molecule has 0 unspecified atom stereocenters. The van der Waals surface area contributed by atoms with Crippen LogP contribution >= 0.6 is 0 Å². The Hall–Kier alpha value is -1.92. The highest BCUT2D eigenvalue weighted by Gasteiger charge is 2.51. The highest BCUT2D eigenvalue weighted by Crippen LogP contribution is 2.25. The second kappa shape index (κ2) is 6.89. The Bertz CT molecular complexity index is 525. The van der Waals surface area contributed by atoms with Crippen LogP contribution in [0, 0.1) is 0 Å². The van der Waals surface area contributed by atoms with Crippen molar-refractivity contribution in [2.75, 3.05) is 14.2 Å². The second-order valence-corrected chi connectivity index (χ2v) is 6.07. The molecule has 122 valence electrons. The van der Waals surface area contributed by atoms with Crippen LogP contribution in [0.25, 0.3) is 0 Å². The maximum atomic E-state index is 12.7. The maximum Gasteiger partial charge on any atom is 0.339 e. The van der Waals surface area contributed by atoms with Crippen LogP contribution in [0.2, 0.25) is 0 Å². The zero-order chi connectivity index (χ0) is 17.0. The Labute approximate surface area is 131 Å². The maximum absolute atomic E-state index is 12.7. The smallest absolute Gasteiger partial charge is 0.339 e. The third kappa shape index (κ3) is 4.05. The molecule has 6 nitrogen and oxygen atoms in total. The van der Waals surface area contributed by atoms with E-state index < -0.39 is 23.0 Å². The van der Waals surface area contributed by atoms with Gasteiger partial charge in [-0.05, 0) is 26.3 Å². The topological polar surface area (TPSA) is 81.9 Å². The van der Waals surface area contributed by atoms with Gasteiger partial charge in [0.1, 0.15) is 5.60 Å². The SMILES string of the molecule is CON(C)[C@@](Cc1ccccc1)(C(N)=O)C(=O)OC(C)(C)C. The first-order valence-corrected chi connectivity index (χ1v) is 6.98. The Morgan fingerprint density at radius 3 is 2.14 bits per heavy atom. The molecule has 0 fully saturated rings. The molecule has 22 heavy (non-hydrogen) atoms. The van der Waals surface area contributed by atoms with Crippen molar-refractivity contribution in [1.82, 2.24) is 5.06 Å². The van der Waals surface area contributed by atoms with Gasteiger partial charge >= 0.3 is 5.97 Å². The molecule has 0 aliphatic heterocycles. The quantitative estimate of drug-likeness (QED) is 0.486. The van der Waals surface area contributed by atoms with Crippen LogP contribution in [0.15, 0.2) is 30.3 Å². The summed E-state index contributed by atoms with van der Waals surface area (Å²) < 4.78 is 5.40. The lowest BCUT2D eigenvalue weighted by atomic mass is 9.89. The third-order valence-electron chi connectivity index (χ3n) is 3.26. The minimum absolute atomic E-state index is 0.0580. The largest absolute Gasteiger partial charge is 0.458 e. The first kappa shape index (κ1) is 18.1. The van der Waals surface area contributed by atoms with Gasteiger partial charge in [-0.25, -0.2) is 4.79 Å². The van der Waals surface area contributed by atoms with Crippen LogP contribution in [-0.2, 0) is 25.6 Å². The van der Waals surface area contributed by atoms with E-state index in [1.54, 1.807) is 20.8 Å². The molecule has 0 spiro atoms. The number of esters is 1. The summed E-state index contributed by atoms with van der Waals surface area (Å²) >= 11 is 0. The molecule has 6 heteroatoms. The molecular formula is C16H24N2O4. The molecule has 1 aromatic rings. The summed E-state index contributed by atoms with van der Waals surface area (Å²) in [5.74, 6) is -1.56. The Morgan fingerprint density at radius 2 is 1.73 bits per heavy atom. The first-order chi connectivity index (χ1) is 10.1. The molecule has 0 radical (unpaired) electrons. The number of nitrogens with two attached hydrogens (primary N) is 1. The lowest BCUT2D eigenvalue weighted by Crippen LogP contribution is -2.64. The van der Waals surface area contributed by atoms with Crippen molar-refractivity contribution in [1.29, 1.82) is 0 Å². The van der Waals surface area contributed by atoms with Gasteiger partial charge in [0.25, 0.3) is 5.91 Å². The number of hydrogen-bond donors (Lipinski definition) is 1. The molecule has 1 aromatic carbocycles. The highest BCUT2D eigenvalue weighted by molar-refractivity contribution is 6.07. The fourth-order valence-corrected chi connectivity index (χ4v) is 2.06. The molecule has 1 rings (SSSR count). The number of primary amides is 1. The molecule has 0 aromatic heterocycles. The number of rotatable bonds is 6. The predicted octanol–water partition coefficient (Wildman–Crippen LogP) is 1.29. The minimum Gasteiger partial charge on any atom is -0.458 e. The van der Waals surface area contributed by atoms with Gasteiger partial charge in [-0.1, -0.05) is 30.3 Å². The summed E-state index contributed by atoms with van der Waals surface area (Å²) in [6.45, 7) is 5.18. The Morgan fingerprint density at radius 1 is 1.18 bits per heavy atom. The van der Waals surface area contributed by atoms with Crippen LogP contribution in [0.5, 0.6) is 0 Å². The standard InChI is InChI=1S/C16H24N2O4/c1-15(2,3)22-14(20)16(13(17)19,18(4)21-5)11-12-9-7-6-8-10-12/h6-10H,11H2,1-5H3,(H2,17,19)/t16-/m0/s1. The average Bonchev–Trinajstić information content (AvgIpc) is 2.42. The van der Waals surface area contributed by atoms with Crippen LogP contribution in [0.3, 0.4) is 0 Å². The van der Waals surface area contributed by atoms with E-state index in [0.29, 0.717) is 0 Å². The van der Waals surface area contributed by atoms with E-state index in [1.165, 1.54) is 14.2 Å². The van der Waals surface area contributed by atoms with Gasteiger partial charge in [0.2, 0.25) is 5.54 Å². The molecule has 0 aliphatic carbocycles. The van der Waals surface area contributed by atoms with E-state index >= 15 is 0 Å². The summed E-state index contributed by atoms with van der Waals surface area (Å²) in [7, 11) is 2.85. The Balaban J connectivity index is 3.29. The predicted molar refractivity (Wildman–Crippen MR) is 82.7 cm³/mol. The van der Waals surface area contributed by atoms with Crippen LogP contribution in [0.1, 0.15) is 26.3 Å². The fourth-order valence-electron chi connectivity index (χ4n) is 2.06. The number of nitrogens with zero attached hydrogens (tertiary/aromatic N) is 1. The van der Waals surface area contributed by atoms with Gasteiger partial charge < -0.3 is 15.3 Å². The lowest BCUT2D eigenvalue weighted by molar-refractivity contribution is -0.212. The monoisotopic (exact) mass is 308 g/mol. The molecule has 0 heterocycles. The molecule has 1 atom stereocenters. The molecule has 0 saturated heterocycles. The van der Waals surface area contributed by atoms with Crippen LogP contribution in [-0.4, -0.2) is 42.2 Å². The number of ether oxygens (including phenoxy) is 1. The van der Waals surface area contributed by atoms with Crippen molar-refractivity contribution in [2.24, 2.45) is 5.73 Å². The number of hydroxylamine groups is 2. The van der Waals surface area contributed by atoms with E-state index in [4.69, 9.17) is 15.3 Å². The molecule has 2 N–H and O–H groups in total. The van der Waals surface area contributed by atoms with E-state index in [-0.39, 0.29) is 6.42 Å². The molecular weight excluding hydrogens is 284 g/mol. The van der Waals surface area contributed by atoms with Gasteiger partial charge in [-0.15, -0.1) is 0 Å². The number of likely N-dealkylation sites (N-methyl/N-ethyl adjacent to an activating group) is 1. The van der Waals surface area contributed by atoms with Gasteiger partial charge in [0.05, 0.1) is 7.11 Å². The van der Waals surface area contributed by atoms with Crippen molar-refractivity contribution in [2.45, 2.75) is 38.3 Å². The van der Waals surface area contributed by atoms with E-state index in [0.717, 1.165) is 10.6 Å². The van der Waals surface area contributed by atoms with Crippen molar-refractivity contribution in [3.63, 3.8) is 0 Å². The van der Waals surface area contributed by atoms with E-state index in [2.05, 4.69) is 0 Å². The van der Waals surface area contributed by atoms with Gasteiger partial charge in [0.15, 0.2) is 0 Å². The summed E-state index contributed by atoms with van der Waals surface area (Å²) in [6.07, 6.45) is 0.0580. The molecule has 0 bridgehead atoms. The summed E-state index contributed by atoms with van der Waals surface area (Å²) in [5, 5.41) is 1.15. The minimum atomic E-state index is -1.73. The number of benzene rings is 1. The van der Waals surface area contributed by atoms with Gasteiger partial charge in [0, 0.05) is 13.5 Å². The van der Waals surface area contributed by atoms with Crippen molar-refractivity contribution in [3.05, 3.63) is 35.9 Å². The summed E-state index contributed by atoms with van der Waals surface area (Å²) in [4.78, 5) is 30.0. The highest BCUT2D eigenvalue weighted by atomic mass is 16.7. The third-order valence-corrected chi connectivity index (χ3v) is 3.26. The molecule has 0 saturated carbocycles. The van der Waals surface area contributed by atoms with Crippen molar-refractivity contribution < 1.29 is 19.2 Å². The van der Waals surface area contributed by atoms with E-state index in [1.807, 2.05) is 30.3 Å². The number of hydrogen-bond acceptors (Lipinski definition) is 5. The van der Waals surface area contributed by atoms with Crippen molar-refractivity contribution >= 4 is 11.9 Å². The summed E-state index contributed by atoms with van der Waals surface area (Å²) in [6, 6.07) is 9.12. The average molecular weight is 308 g/mol. The number of carbonyl (C=O) groups excluding carboxylic acids is 2. The van der Waals surface area contributed by atoms with Crippen LogP contribution in [0.4, 0.5) is 0 Å². The van der Waals surface area contributed by atoms with Crippen LogP contribution < -0.4 is 5.73 Å². The second-order valence-electron chi connectivity index (χ2n) is 6.07. The van der Waals surface area contributed by atoms with Gasteiger partial charge in [-0.2, -0.15) is 5.06 Å². The zero-order valence-electron chi connectivity index (χ0n) is 13.8. The molecule has 1 amide bonds.